The standard InChI is InChI=1S/C18H14F2N4O/c19-18(20)25-16-12-21-11-15(22-16)23-24-17(13-7-3-1-4-8-13)14-9-5-2-6-10-14/h1-12,18H,(H,22,23). The number of nitrogens with zero attached hydrogens (tertiary/aromatic N) is 3. The smallest absolute Gasteiger partial charge is 0.388 e. The number of halogens is 2. The van der Waals surface area contributed by atoms with E-state index < -0.39 is 6.61 Å². The van der Waals surface area contributed by atoms with Gasteiger partial charge in [-0.1, -0.05) is 60.7 Å². The zero-order valence-electron chi connectivity index (χ0n) is 13.0. The van der Waals surface area contributed by atoms with Crippen molar-refractivity contribution in [3.63, 3.8) is 0 Å². The minimum atomic E-state index is -2.96. The van der Waals surface area contributed by atoms with Crippen molar-refractivity contribution in [1.82, 2.24) is 9.97 Å². The Balaban J connectivity index is 1.89. The lowest BCUT2D eigenvalue weighted by molar-refractivity contribution is -0.0530. The number of rotatable bonds is 6. The number of anilines is 1. The van der Waals surface area contributed by atoms with E-state index in [0.717, 1.165) is 17.3 Å². The van der Waals surface area contributed by atoms with Crippen LogP contribution in [0.1, 0.15) is 11.1 Å². The van der Waals surface area contributed by atoms with Crippen LogP contribution in [0.25, 0.3) is 0 Å². The van der Waals surface area contributed by atoms with E-state index in [1.54, 1.807) is 0 Å². The highest BCUT2D eigenvalue weighted by molar-refractivity contribution is 6.13. The number of hydrogen-bond donors (Lipinski definition) is 1. The molecule has 0 bridgehead atoms. The summed E-state index contributed by atoms with van der Waals surface area (Å²) >= 11 is 0. The van der Waals surface area contributed by atoms with Gasteiger partial charge in [0.05, 0.1) is 18.1 Å². The van der Waals surface area contributed by atoms with Crippen molar-refractivity contribution >= 4 is 11.5 Å². The SMILES string of the molecule is FC(F)Oc1cncc(NN=C(c2ccccc2)c2ccccc2)n1. The summed E-state index contributed by atoms with van der Waals surface area (Å²) < 4.78 is 28.8. The molecule has 0 amide bonds. The molecule has 1 aromatic heterocycles. The maximum absolute atomic E-state index is 12.3. The normalized spacial score (nSPS) is 10.4. The van der Waals surface area contributed by atoms with Crippen molar-refractivity contribution in [3.05, 3.63) is 84.2 Å². The molecular weight excluding hydrogens is 326 g/mol. The summed E-state index contributed by atoms with van der Waals surface area (Å²) in [7, 11) is 0. The molecule has 3 rings (SSSR count). The lowest BCUT2D eigenvalue weighted by Gasteiger charge is -2.09. The molecular formula is C18H14F2N4O. The Hall–Kier alpha value is -3.35. The van der Waals surface area contributed by atoms with Gasteiger partial charge < -0.3 is 4.74 Å². The first-order valence-electron chi connectivity index (χ1n) is 7.44. The molecule has 0 aliphatic rings. The predicted molar refractivity (Wildman–Crippen MR) is 90.8 cm³/mol. The second-order valence-electron chi connectivity index (χ2n) is 4.93. The Morgan fingerprint density at radius 3 is 2.08 bits per heavy atom. The fraction of sp³-hybridized carbons (Fsp3) is 0.0556. The van der Waals surface area contributed by atoms with Crippen LogP contribution in [-0.4, -0.2) is 22.3 Å². The molecule has 0 aliphatic carbocycles. The van der Waals surface area contributed by atoms with Gasteiger partial charge in [-0.3, -0.25) is 10.4 Å². The topological polar surface area (TPSA) is 59.4 Å². The Labute approximate surface area is 143 Å². The van der Waals surface area contributed by atoms with Crippen LogP contribution < -0.4 is 10.2 Å². The van der Waals surface area contributed by atoms with E-state index >= 15 is 0 Å². The van der Waals surface area contributed by atoms with Crippen molar-refractivity contribution < 1.29 is 13.5 Å². The highest BCUT2D eigenvalue weighted by Gasteiger charge is 2.08. The number of nitrogens with one attached hydrogen (secondary N) is 1. The summed E-state index contributed by atoms with van der Waals surface area (Å²) in [6, 6.07) is 19.2. The van der Waals surface area contributed by atoms with Gasteiger partial charge in [-0.25, -0.2) is 0 Å². The number of ether oxygens (including phenoxy) is 1. The van der Waals surface area contributed by atoms with Crippen LogP contribution in [0.5, 0.6) is 5.88 Å². The summed E-state index contributed by atoms with van der Waals surface area (Å²) in [5.74, 6) is -0.0846. The Morgan fingerprint density at radius 2 is 1.52 bits per heavy atom. The van der Waals surface area contributed by atoms with Gasteiger partial charge in [-0.15, -0.1) is 0 Å². The summed E-state index contributed by atoms with van der Waals surface area (Å²) in [5.41, 5.74) is 5.22. The molecule has 126 valence electrons. The minimum Gasteiger partial charge on any atom is -0.415 e. The van der Waals surface area contributed by atoms with Gasteiger partial charge in [0.15, 0.2) is 5.82 Å². The van der Waals surface area contributed by atoms with E-state index in [4.69, 9.17) is 0 Å². The highest BCUT2D eigenvalue weighted by Crippen LogP contribution is 2.14. The molecule has 5 nitrogen and oxygen atoms in total. The maximum Gasteiger partial charge on any atom is 0.388 e. The van der Waals surface area contributed by atoms with Crippen molar-refractivity contribution in [2.24, 2.45) is 5.10 Å². The monoisotopic (exact) mass is 340 g/mol. The molecule has 0 saturated heterocycles. The summed E-state index contributed by atoms with van der Waals surface area (Å²) in [4.78, 5) is 7.70. The van der Waals surface area contributed by atoms with E-state index in [1.807, 2.05) is 60.7 Å². The molecule has 0 aliphatic heterocycles. The zero-order chi connectivity index (χ0) is 17.5. The largest absolute Gasteiger partial charge is 0.415 e. The summed E-state index contributed by atoms with van der Waals surface area (Å²) in [6.07, 6.45) is 2.48. The first-order valence-corrected chi connectivity index (χ1v) is 7.44. The molecule has 1 N–H and O–H groups in total. The predicted octanol–water partition coefficient (Wildman–Crippen LogP) is 3.94. The summed E-state index contributed by atoms with van der Waals surface area (Å²) in [5, 5.41) is 4.38. The average molecular weight is 340 g/mol. The van der Waals surface area contributed by atoms with Crippen molar-refractivity contribution in [2.75, 3.05) is 5.43 Å². The van der Waals surface area contributed by atoms with Gasteiger partial charge in [0.1, 0.15) is 0 Å². The van der Waals surface area contributed by atoms with Crippen LogP contribution in [0.4, 0.5) is 14.6 Å². The van der Waals surface area contributed by atoms with E-state index in [-0.39, 0.29) is 11.7 Å². The van der Waals surface area contributed by atoms with Gasteiger partial charge in [0, 0.05) is 11.1 Å². The fourth-order valence-electron chi connectivity index (χ4n) is 2.15. The van der Waals surface area contributed by atoms with Crippen LogP contribution in [0.15, 0.2) is 78.2 Å². The van der Waals surface area contributed by atoms with E-state index in [9.17, 15) is 8.78 Å². The van der Waals surface area contributed by atoms with Gasteiger partial charge in [0.2, 0.25) is 5.88 Å². The Morgan fingerprint density at radius 1 is 0.920 bits per heavy atom. The van der Waals surface area contributed by atoms with E-state index in [1.165, 1.54) is 6.20 Å². The Bertz CT molecular complexity index is 800. The highest BCUT2D eigenvalue weighted by atomic mass is 19.3. The molecule has 0 radical (unpaired) electrons. The van der Waals surface area contributed by atoms with Gasteiger partial charge in [-0.05, 0) is 0 Å². The van der Waals surface area contributed by atoms with Crippen LogP contribution in [-0.2, 0) is 0 Å². The van der Waals surface area contributed by atoms with Gasteiger partial charge >= 0.3 is 6.61 Å². The lowest BCUT2D eigenvalue weighted by Crippen LogP contribution is -2.08. The molecule has 7 heteroatoms. The molecule has 3 aromatic rings. The molecule has 2 aromatic carbocycles. The van der Waals surface area contributed by atoms with Crippen LogP contribution in [0.3, 0.4) is 0 Å². The third-order valence-corrected chi connectivity index (χ3v) is 3.20. The van der Waals surface area contributed by atoms with Crippen molar-refractivity contribution in [3.8, 4) is 5.88 Å². The van der Waals surface area contributed by atoms with Crippen LogP contribution in [0, 0.1) is 0 Å². The van der Waals surface area contributed by atoms with Crippen molar-refractivity contribution in [2.45, 2.75) is 6.61 Å². The van der Waals surface area contributed by atoms with E-state index in [2.05, 4.69) is 25.2 Å². The average Bonchev–Trinajstić information content (AvgIpc) is 2.63. The number of hydrogen-bond acceptors (Lipinski definition) is 5. The Kier molecular flexibility index (Phi) is 5.26. The lowest BCUT2D eigenvalue weighted by atomic mass is 10.0. The van der Waals surface area contributed by atoms with Crippen molar-refractivity contribution in [1.29, 1.82) is 0 Å². The second-order valence-corrected chi connectivity index (χ2v) is 4.93. The number of hydrazone groups is 1. The van der Waals surface area contributed by atoms with Crippen LogP contribution in [0.2, 0.25) is 0 Å². The summed E-state index contributed by atoms with van der Waals surface area (Å²) in [6.45, 7) is -2.96. The van der Waals surface area contributed by atoms with Gasteiger partial charge in [-0.2, -0.15) is 18.9 Å². The molecule has 0 saturated carbocycles. The van der Waals surface area contributed by atoms with Crippen LogP contribution >= 0.6 is 0 Å². The quantitative estimate of drug-likeness (QED) is 0.545. The first-order chi connectivity index (χ1) is 12.2. The third-order valence-electron chi connectivity index (χ3n) is 3.20. The first kappa shape index (κ1) is 16.5. The molecule has 0 atom stereocenters. The fourth-order valence-corrected chi connectivity index (χ4v) is 2.15. The second kappa shape index (κ2) is 7.96. The molecule has 25 heavy (non-hydrogen) atoms. The molecule has 0 spiro atoms. The number of alkyl halides is 2. The number of aromatic nitrogens is 2. The molecule has 0 fully saturated rings. The van der Waals surface area contributed by atoms with Gasteiger partial charge in [0.25, 0.3) is 0 Å². The van der Waals surface area contributed by atoms with E-state index in [0.29, 0.717) is 5.71 Å². The minimum absolute atomic E-state index is 0.197. The number of benzene rings is 2. The maximum atomic E-state index is 12.3. The zero-order valence-corrected chi connectivity index (χ0v) is 13.0. The molecule has 1 heterocycles. The third kappa shape index (κ3) is 4.57. The molecule has 0 unspecified atom stereocenters.